The standard InChI is InChI=1S/C10H16N2/c1-6-9(4)7-11-10(5)12-8(2)3/h6-8H,1,4H2,2-3,5H3/b11-7+,12-10-. The minimum atomic E-state index is 0.291. The van der Waals surface area contributed by atoms with Gasteiger partial charge in [0.1, 0.15) is 5.84 Å². The Morgan fingerprint density at radius 1 is 1.42 bits per heavy atom. The topological polar surface area (TPSA) is 24.7 Å². The molecule has 0 heterocycles. The zero-order valence-corrected chi connectivity index (χ0v) is 8.04. The maximum atomic E-state index is 4.23. The Bertz CT molecular complexity index is 222. The lowest BCUT2D eigenvalue weighted by molar-refractivity contribution is 0.833. The fourth-order valence-corrected chi connectivity index (χ4v) is 0.636. The van der Waals surface area contributed by atoms with E-state index in [2.05, 4.69) is 23.1 Å². The summed E-state index contributed by atoms with van der Waals surface area (Å²) in [5.74, 6) is 0.771. The predicted octanol–water partition coefficient (Wildman–Crippen LogP) is 2.63. The van der Waals surface area contributed by atoms with E-state index in [-0.39, 0.29) is 0 Å². The minimum absolute atomic E-state index is 0.291. The molecule has 0 N–H and O–H groups in total. The Kier molecular flexibility index (Phi) is 4.93. The number of amidine groups is 1. The average Bonchev–Trinajstić information content (AvgIpc) is 1.99. The first-order chi connectivity index (χ1) is 5.56. The van der Waals surface area contributed by atoms with Crippen LogP contribution in [0.25, 0.3) is 0 Å². The molecular formula is C10H16N2. The van der Waals surface area contributed by atoms with Gasteiger partial charge in [-0.2, -0.15) is 0 Å². The fourth-order valence-electron chi connectivity index (χ4n) is 0.636. The summed E-state index contributed by atoms with van der Waals surface area (Å²) in [7, 11) is 0. The van der Waals surface area contributed by atoms with Crippen LogP contribution in [0.15, 0.2) is 34.8 Å². The lowest BCUT2D eigenvalue weighted by atomic mass is 10.3. The molecule has 0 aromatic heterocycles. The average molecular weight is 164 g/mol. The molecule has 0 aliphatic rings. The van der Waals surface area contributed by atoms with E-state index in [1.165, 1.54) is 0 Å². The number of aliphatic imine (C=N–C) groups is 2. The van der Waals surface area contributed by atoms with Crippen molar-refractivity contribution in [2.75, 3.05) is 0 Å². The van der Waals surface area contributed by atoms with E-state index in [4.69, 9.17) is 0 Å². The predicted molar refractivity (Wildman–Crippen MR) is 56.1 cm³/mol. The highest BCUT2D eigenvalue weighted by Gasteiger charge is 1.88. The van der Waals surface area contributed by atoms with Crippen molar-refractivity contribution in [3.63, 3.8) is 0 Å². The minimum Gasteiger partial charge on any atom is -0.268 e. The molecule has 66 valence electrons. The van der Waals surface area contributed by atoms with Crippen LogP contribution in [0.2, 0.25) is 0 Å². The zero-order valence-electron chi connectivity index (χ0n) is 8.04. The van der Waals surface area contributed by atoms with Crippen LogP contribution in [0, 0.1) is 0 Å². The van der Waals surface area contributed by atoms with Crippen LogP contribution in [-0.2, 0) is 0 Å². The van der Waals surface area contributed by atoms with Crippen LogP contribution in [0.5, 0.6) is 0 Å². The summed E-state index contributed by atoms with van der Waals surface area (Å²) in [6.07, 6.45) is 3.32. The van der Waals surface area contributed by atoms with E-state index in [1.807, 2.05) is 20.8 Å². The molecule has 0 aromatic carbocycles. The van der Waals surface area contributed by atoms with E-state index in [0.717, 1.165) is 11.4 Å². The highest BCUT2D eigenvalue weighted by molar-refractivity contribution is 5.94. The van der Waals surface area contributed by atoms with Crippen molar-refractivity contribution < 1.29 is 0 Å². The van der Waals surface area contributed by atoms with Gasteiger partial charge < -0.3 is 0 Å². The molecule has 0 spiro atoms. The van der Waals surface area contributed by atoms with E-state index in [9.17, 15) is 0 Å². The quantitative estimate of drug-likeness (QED) is 0.348. The summed E-state index contributed by atoms with van der Waals surface area (Å²) in [6.45, 7) is 13.2. The van der Waals surface area contributed by atoms with Gasteiger partial charge in [0, 0.05) is 12.3 Å². The van der Waals surface area contributed by atoms with Crippen LogP contribution in [0.4, 0.5) is 0 Å². The molecule has 0 rings (SSSR count). The number of hydrogen-bond donors (Lipinski definition) is 0. The molecule has 0 aliphatic heterocycles. The monoisotopic (exact) mass is 164 g/mol. The Hall–Kier alpha value is -1.18. The van der Waals surface area contributed by atoms with Gasteiger partial charge in [-0.25, -0.2) is 4.99 Å². The van der Waals surface area contributed by atoms with Gasteiger partial charge in [0.15, 0.2) is 0 Å². The van der Waals surface area contributed by atoms with Gasteiger partial charge >= 0.3 is 0 Å². The summed E-state index contributed by atoms with van der Waals surface area (Å²) >= 11 is 0. The maximum Gasteiger partial charge on any atom is 0.120 e. The Balaban J connectivity index is 4.16. The first-order valence-electron chi connectivity index (χ1n) is 3.96. The summed E-state index contributed by atoms with van der Waals surface area (Å²) in [4.78, 5) is 8.32. The van der Waals surface area contributed by atoms with E-state index < -0.39 is 0 Å². The largest absolute Gasteiger partial charge is 0.268 e. The Labute approximate surface area is 74.4 Å². The summed E-state index contributed by atoms with van der Waals surface area (Å²) in [6, 6.07) is 0.291. The molecule has 0 bridgehead atoms. The van der Waals surface area contributed by atoms with Crippen molar-refractivity contribution in [2.24, 2.45) is 9.98 Å². The van der Waals surface area contributed by atoms with Crippen LogP contribution in [0.3, 0.4) is 0 Å². The molecule has 0 aliphatic carbocycles. The van der Waals surface area contributed by atoms with Gasteiger partial charge in [0.2, 0.25) is 0 Å². The lowest BCUT2D eigenvalue weighted by Gasteiger charge is -1.96. The third-order valence-electron chi connectivity index (χ3n) is 1.12. The van der Waals surface area contributed by atoms with E-state index in [0.29, 0.717) is 6.04 Å². The maximum absolute atomic E-state index is 4.23. The van der Waals surface area contributed by atoms with Gasteiger partial charge in [-0.1, -0.05) is 19.2 Å². The fraction of sp³-hybridized carbons (Fsp3) is 0.400. The normalized spacial score (nSPS) is 12.5. The molecule has 0 unspecified atom stereocenters. The Morgan fingerprint density at radius 2 is 2.00 bits per heavy atom. The third-order valence-corrected chi connectivity index (χ3v) is 1.12. The summed E-state index contributed by atoms with van der Waals surface area (Å²) in [5, 5.41) is 0. The van der Waals surface area contributed by atoms with Gasteiger partial charge in [0.25, 0.3) is 0 Å². The molecule has 12 heavy (non-hydrogen) atoms. The molecule has 0 saturated heterocycles. The highest BCUT2D eigenvalue weighted by Crippen LogP contribution is 1.91. The van der Waals surface area contributed by atoms with Crippen LogP contribution in [-0.4, -0.2) is 18.1 Å². The first-order valence-corrected chi connectivity index (χ1v) is 3.96. The van der Waals surface area contributed by atoms with Crippen molar-refractivity contribution in [3.8, 4) is 0 Å². The summed E-state index contributed by atoms with van der Waals surface area (Å²) in [5.41, 5.74) is 0.799. The van der Waals surface area contributed by atoms with Gasteiger partial charge in [-0.05, 0) is 26.3 Å². The lowest BCUT2D eigenvalue weighted by Crippen LogP contribution is -1.95. The molecule has 0 atom stereocenters. The van der Waals surface area contributed by atoms with Crippen molar-refractivity contribution in [3.05, 3.63) is 24.8 Å². The molecule has 0 fully saturated rings. The van der Waals surface area contributed by atoms with Crippen molar-refractivity contribution in [2.45, 2.75) is 26.8 Å². The van der Waals surface area contributed by atoms with Crippen molar-refractivity contribution in [1.82, 2.24) is 0 Å². The second-order valence-corrected chi connectivity index (χ2v) is 2.81. The van der Waals surface area contributed by atoms with E-state index in [1.54, 1.807) is 12.3 Å². The molecule has 2 nitrogen and oxygen atoms in total. The molecule has 0 radical (unpaired) electrons. The first kappa shape index (κ1) is 10.8. The SMILES string of the molecule is C=CC(=C)/C=N/C(C)=N\C(C)C. The molecule has 2 heteroatoms. The number of hydrogen-bond acceptors (Lipinski definition) is 1. The van der Waals surface area contributed by atoms with E-state index >= 15 is 0 Å². The van der Waals surface area contributed by atoms with Gasteiger partial charge in [-0.3, -0.25) is 4.99 Å². The molecule has 0 aromatic rings. The van der Waals surface area contributed by atoms with Gasteiger partial charge in [-0.15, -0.1) is 0 Å². The van der Waals surface area contributed by atoms with Crippen LogP contribution >= 0.6 is 0 Å². The smallest absolute Gasteiger partial charge is 0.120 e. The summed E-state index contributed by atoms with van der Waals surface area (Å²) < 4.78 is 0. The second-order valence-electron chi connectivity index (χ2n) is 2.81. The van der Waals surface area contributed by atoms with Crippen molar-refractivity contribution >= 4 is 12.1 Å². The second kappa shape index (κ2) is 5.47. The number of allylic oxidation sites excluding steroid dienone is 2. The van der Waals surface area contributed by atoms with Crippen LogP contribution in [0.1, 0.15) is 20.8 Å². The third kappa shape index (κ3) is 5.59. The number of nitrogens with zero attached hydrogens (tertiary/aromatic N) is 2. The Morgan fingerprint density at radius 3 is 2.42 bits per heavy atom. The molecule has 0 amide bonds. The van der Waals surface area contributed by atoms with Crippen LogP contribution < -0.4 is 0 Å². The zero-order chi connectivity index (χ0) is 9.56. The van der Waals surface area contributed by atoms with Gasteiger partial charge in [0.05, 0.1) is 0 Å². The molecular weight excluding hydrogens is 148 g/mol. The highest BCUT2D eigenvalue weighted by atomic mass is 14.9. The van der Waals surface area contributed by atoms with Crippen molar-refractivity contribution in [1.29, 1.82) is 0 Å². The number of rotatable bonds is 3. The molecule has 0 saturated carbocycles.